The van der Waals surface area contributed by atoms with Crippen LogP contribution < -0.4 is 9.80 Å². The highest BCUT2D eigenvalue weighted by Gasteiger charge is 2.42. The van der Waals surface area contributed by atoms with Crippen molar-refractivity contribution in [3.05, 3.63) is 60.2 Å². The molecule has 4 aliphatic heterocycles. The molecule has 2 amide bonds. The standard InChI is InChI=1S/C30H38N4O2/c1-22-6-5-16-33(22)27-15-18-31(20-27)25-9-11-26(12-10-25)34-19-14-23-13-17-32(21-28(23)30(34)36)29(35)24-7-3-2-4-8-24/h2-4,7-12,22-23,27-28H,5-6,13-21H2,1H3/t22-,23?,27-,28?/m0/s1. The highest BCUT2D eigenvalue weighted by Crippen LogP contribution is 2.36. The number of hydrogen-bond donors (Lipinski definition) is 0. The molecule has 36 heavy (non-hydrogen) atoms. The number of carbonyl (C=O) groups is 2. The predicted molar refractivity (Wildman–Crippen MR) is 143 cm³/mol. The third-order valence-electron chi connectivity index (χ3n) is 9.13. The zero-order valence-electron chi connectivity index (χ0n) is 21.4. The molecular weight excluding hydrogens is 448 g/mol. The molecule has 6 heteroatoms. The van der Waals surface area contributed by atoms with Crippen LogP contribution in [0.5, 0.6) is 0 Å². The van der Waals surface area contributed by atoms with Crippen LogP contribution >= 0.6 is 0 Å². The molecule has 0 bridgehead atoms. The number of piperidine rings is 2. The minimum atomic E-state index is -0.110. The van der Waals surface area contributed by atoms with Crippen LogP contribution in [0.1, 0.15) is 49.4 Å². The number of carbonyl (C=O) groups excluding carboxylic acids is 2. The lowest BCUT2D eigenvalue weighted by Gasteiger charge is -2.44. The van der Waals surface area contributed by atoms with Crippen molar-refractivity contribution in [1.29, 1.82) is 0 Å². The van der Waals surface area contributed by atoms with Gasteiger partial charge in [-0.15, -0.1) is 0 Å². The Morgan fingerprint density at radius 2 is 1.56 bits per heavy atom. The maximum absolute atomic E-state index is 13.6. The van der Waals surface area contributed by atoms with E-state index in [-0.39, 0.29) is 17.7 Å². The van der Waals surface area contributed by atoms with Gasteiger partial charge in [-0.05, 0) is 87.9 Å². The van der Waals surface area contributed by atoms with Gasteiger partial charge in [-0.2, -0.15) is 0 Å². The maximum atomic E-state index is 13.6. The summed E-state index contributed by atoms with van der Waals surface area (Å²) < 4.78 is 0. The number of likely N-dealkylation sites (tertiary alicyclic amines) is 2. The van der Waals surface area contributed by atoms with E-state index in [1.54, 1.807) is 0 Å². The van der Waals surface area contributed by atoms with E-state index in [2.05, 4.69) is 41.0 Å². The molecule has 0 aliphatic carbocycles. The topological polar surface area (TPSA) is 47.1 Å². The maximum Gasteiger partial charge on any atom is 0.253 e. The summed E-state index contributed by atoms with van der Waals surface area (Å²) in [5.41, 5.74) is 2.94. The summed E-state index contributed by atoms with van der Waals surface area (Å²) in [7, 11) is 0. The Hall–Kier alpha value is -2.86. The van der Waals surface area contributed by atoms with Gasteiger partial charge in [0.05, 0.1) is 5.92 Å². The Balaban J connectivity index is 1.11. The number of hydrogen-bond acceptors (Lipinski definition) is 4. The molecule has 2 aromatic rings. The van der Waals surface area contributed by atoms with Crippen LogP contribution in [0.3, 0.4) is 0 Å². The van der Waals surface area contributed by atoms with E-state index in [0.29, 0.717) is 30.1 Å². The van der Waals surface area contributed by atoms with E-state index in [4.69, 9.17) is 0 Å². The predicted octanol–water partition coefficient (Wildman–Crippen LogP) is 4.26. The van der Waals surface area contributed by atoms with Crippen LogP contribution in [-0.4, -0.2) is 73.0 Å². The van der Waals surface area contributed by atoms with E-state index < -0.39 is 0 Å². The van der Waals surface area contributed by atoms with E-state index in [9.17, 15) is 9.59 Å². The van der Waals surface area contributed by atoms with Crippen LogP contribution in [0.25, 0.3) is 0 Å². The summed E-state index contributed by atoms with van der Waals surface area (Å²) in [6.45, 7) is 7.84. The van der Waals surface area contributed by atoms with Gasteiger partial charge >= 0.3 is 0 Å². The zero-order valence-corrected chi connectivity index (χ0v) is 21.4. The largest absolute Gasteiger partial charge is 0.370 e. The van der Waals surface area contributed by atoms with Crippen molar-refractivity contribution in [2.24, 2.45) is 11.8 Å². The first kappa shape index (κ1) is 23.5. The van der Waals surface area contributed by atoms with Crippen LogP contribution in [0.15, 0.2) is 54.6 Å². The average Bonchev–Trinajstić information content (AvgIpc) is 3.58. The monoisotopic (exact) mass is 486 g/mol. The molecule has 0 radical (unpaired) electrons. The number of anilines is 2. The molecule has 4 fully saturated rings. The van der Waals surface area contributed by atoms with Gasteiger partial charge in [0.15, 0.2) is 0 Å². The number of rotatable bonds is 4. The van der Waals surface area contributed by atoms with Crippen molar-refractivity contribution in [1.82, 2.24) is 9.80 Å². The molecule has 4 saturated heterocycles. The average molecular weight is 487 g/mol. The summed E-state index contributed by atoms with van der Waals surface area (Å²) in [6, 6.07) is 19.4. The van der Waals surface area contributed by atoms with Crippen LogP contribution in [0.2, 0.25) is 0 Å². The van der Waals surface area contributed by atoms with Crippen molar-refractivity contribution in [3.63, 3.8) is 0 Å². The van der Waals surface area contributed by atoms with Crippen molar-refractivity contribution in [3.8, 4) is 0 Å². The number of benzene rings is 2. The van der Waals surface area contributed by atoms with Gasteiger partial charge in [-0.1, -0.05) is 18.2 Å². The summed E-state index contributed by atoms with van der Waals surface area (Å²) in [5, 5.41) is 0. The molecule has 0 saturated carbocycles. The second-order valence-electron chi connectivity index (χ2n) is 11.2. The lowest BCUT2D eigenvalue weighted by atomic mass is 9.79. The highest BCUT2D eigenvalue weighted by atomic mass is 16.2. The molecule has 4 heterocycles. The van der Waals surface area contributed by atoms with Crippen LogP contribution in [0.4, 0.5) is 11.4 Å². The van der Waals surface area contributed by atoms with E-state index >= 15 is 0 Å². The first-order valence-electron chi connectivity index (χ1n) is 13.8. The Kier molecular flexibility index (Phi) is 6.46. The molecular formula is C30H38N4O2. The minimum Gasteiger partial charge on any atom is -0.370 e. The fourth-order valence-electron chi connectivity index (χ4n) is 7.02. The first-order chi connectivity index (χ1) is 17.6. The van der Waals surface area contributed by atoms with Gasteiger partial charge in [0, 0.05) is 61.7 Å². The van der Waals surface area contributed by atoms with Gasteiger partial charge in [-0.25, -0.2) is 0 Å². The molecule has 190 valence electrons. The van der Waals surface area contributed by atoms with Gasteiger partial charge in [0.25, 0.3) is 5.91 Å². The van der Waals surface area contributed by atoms with Gasteiger partial charge in [-0.3, -0.25) is 14.5 Å². The fourth-order valence-corrected chi connectivity index (χ4v) is 7.02. The minimum absolute atomic E-state index is 0.0376. The Morgan fingerprint density at radius 1 is 0.806 bits per heavy atom. The second-order valence-corrected chi connectivity index (χ2v) is 11.2. The third kappa shape index (κ3) is 4.40. The van der Waals surface area contributed by atoms with Gasteiger partial charge in [0.1, 0.15) is 0 Å². The number of nitrogens with zero attached hydrogens (tertiary/aromatic N) is 4. The first-order valence-corrected chi connectivity index (χ1v) is 13.8. The number of fused-ring (bicyclic) bond motifs is 1. The third-order valence-corrected chi connectivity index (χ3v) is 9.13. The molecule has 6 rings (SSSR count). The SMILES string of the molecule is C[C@H]1CCCN1[C@H]1CCN(c2ccc(N3CCC4CCN(C(=O)c5ccccc5)CC4C3=O)cc2)C1. The molecule has 2 unspecified atom stereocenters. The van der Waals surface area contributed by atoms with Gasteiger partial charge in [0.2, 0.25) is 5.91 Å². The quantitative estimate of drug-likeness (QED) is 0.648. The highest BCUT2D eigenvalue weighted by molar-refractivity contribution is 5.98. The summed E-state index contributed by atoms with van der Waals surface area (Å²) in [6.07, 6.45) is 5.81. The van der Waals surface area contributed by atoms with Crippen molar-refractivity contribution < 1.29 is 9.59 Å². The van der Waals surface area contributed by atoms with Crippen molar-refractivity contribution in [2.45, 2.75) is 51.1 Å². The lowest BCUT2D eigenvalue weighted by molar-refractivity contribution is -0.127. The van der Waals surface area contributed by atoms with Crippen molar-refractivity contribution in [2.75, 3.05) is 49.1 Å². The Morgan fingerprint density at radius 3 is 2.31 bits per heavy atom. The fraction of sp³-hybridized carbons (Fsp3) is 0.533. The van der Waals surface area contributed by atoms with E-state index in [1.165, 1.54) is 31.5 Å². The smallest absolute Gasteiger partial charge is 0.253 e. The Bertz CT molecular complexity index is 1090. The zero-order chi connectivity index (χ0) is 24.6. The van der Waals surface area contributed by atoms with Crippen LogP contribution in [-0.2, 0) is 4.79 Å². The molecule has 0 spiro atoms. The molecule has 0 N–H and O–H groups in total. The Labute approximate surface area is 214 Å². The summed E-state index contributed by atoms with van der Waals surface area (Å²) in [5.74, 6) is 0.480. The summed E-state index contributed by atoms with van der Waals surface area (Å²) >= 11 is 0. The number of amides is 2. The molecule has 2 aromatic carbocycles. The van der Waals surface area contributed by atoms with Crippen molar-refractivity contribution >= 4 is 23.2 Å². The molecule has 4 aliphatic rings. The van der Waals surface area contributed by atoms with Crippen LogP contribution in [0, 0.1) is 11.8 Å². The normalized spacial score (nSPS) is 29.0. The lowest BCUT2D eigenvalue weighted by Crippen LogP contribution is -2.54. The summed E-state index contributed by atoms with van der Waals surface area (Å²) in [4.78, 5) is 35.7. The second kappa shape index (κ2) is 9.89. The molecule has 4 atom stereocenters. The molecule has 0 aromatic heterocycles. The van der Waals surface area contributed by atoms with E-state index in [0.717, 1.165) is 44.7 Å². The molecule has 6 nitrogen and oxygen atoms in total. The van der Waals surface area contributed by atoms with Gasteiger partial charge < -0.3 is 14.7 Å². The van der Waals surface area contributed by atoms with E-state index in [1.807, 2.05) is 40.1 Å².